The van der Waals surface area contributed by atoms with Crippen molar-refractivity contribution in [2.45, 2.75) is 40.2 Å². The number of aliphatic hydroxyl groups excluding tert-OH is 1. The lowest BCUT2D eigenvalue weighted by atomic mass is 9.97. The van der Waals surface area contributed by atoms with E-state index in [1.54, 1.807) is 0 Å². The standard InChI is InChI=1S/C33H36N2O4/c1-24-30(12-7-13-32(24)28-10-4-3-5-11-28)23-38-31-15-14-29(20-34-16-17-35-25(2)37)33(19-31)39-22-27-9-6-8-26(18-27)21-36/h3-15,18-19,34,36H,16-17,20-23H2,1-2H3,(H,35,37). The summed E-state index contributed by atoms with van der Waals surface area (Å²) in [4.78, 5) is 11.1. The molecule has 4 aromatic carbocycles. The summed E-state index contributed by atoms with van der Waals surface area (Å²) in [6, 6.07) is 30.3. The summed E-state index contributed by atoms with van der Waals surface area (Å²) >= 11 is 0. The van der Waals surface area contributed by atoms with Gasteiger partial charge in [-0.05, 0) is 46.4 Å². The third kappa shape index (κ3) is 8.18. The van der Waals surface area contributed by atoms with Crippen LogP contribution in [-0.2, 0) is 31.2 Å². The highest BCUT2D eigenvalue weighted by atomic mass is 16.5. The molecule has 1 amide bonds. The molecule has 0 saturated carbocycles. The zero-order valence-electron chi connectivity index (χ0n) is 22.6. The van der Waals surface area contributed by atoms with Crippen molar-refractivity contribution in [3.8, 4) is 22.6 Å². The number of ether oxygens (including phenoxy) is 2. The van der Waals surface area contributed by atoms with Gasteiger partial charge in [-0.3, -0.25) is 4.79 Å². The van der Waals surface area contributed by atoms with Crippen LogP contribution in [-0.4, -0.2) is 24.1 Å². The third-order valence-electron chi connectivity index (χ3n) is 6.52. The van der Waals surface area contributed by atoms with Gasteiger partial charge in [-0.15, -0.1) is 0 Å². The molecule has 0 aliphatic rings. The van der Waals surface area contributed by atoms with Crippen molar-refractivity contribution in [1.29, 1.82) is 0 Å². The van der Waals surface area contributed by atoms with Gasteiger partial charge in [0.25, 0.3) is 0 Å². The summed E-state index contributed by atoms with van der Waals surface area (Å²) in [5.41, 5.74) is 7.53. The van der Waals surface area contributed by atoms with Crippen LogP contribution in [0, 0.1) is 6.92 Å². The van der Waals surface area contributed by atoms with Gasteiger partial charge in [0.15, 0.2) is 0 Å². The van der Waals surface area contributed by atoms with Crippen molar-refractivity contribution in [3.05, 3.63) is 119 Å². The molecule has 0 heterocycles. The van der Waals surface area contributed by atoms with Gasteiger partial charge in [0.1, 0.15) is 24.7 Å². The first-order valence-corrected chi connectivity index (χ1v) is 13.2. The van der Waals surface area contributed by atoms with Crippen LogP contribution < -0.4 is 20.1 Å². The molecule has 0 unspecified atom stereocenters. The van der Waals surface area contributed by atoms with Gasteiger partial charge in [0.2, 0.25) is 5.91 Å². The zero-order chi connectivity index (χ0) is 27.5. The van der Waals surface area contributed by atoms with Crippen LogP contribution >= 0.6 is 0 Å². The Morgan fingerprint density at radius 1 is 0.795 bits per heavy atom. The highest BCUT2D eigenvalue weighted by Crippen LogP contribution is 2.29. The van der Waals surface area contributed by atoms with E-state index in [4.69, 9.17) is 9.47 Å². The van der Waals surface area contributed by atoms with Crippen molar-refractivity contribution in [2.75, 3.05) is 13.1 Å². The van der Waals surface area contributed by atoms with Gasteiger partial charge in [0, 0.05) is 38.2 Å². The Morgan fingerprint density at radius 3 is 2.38 bits per heavy atom. The fourth-order valence-electron chi connectivity index (χ4n) is 4.37. The monoisotopic (exact) mass is 524 g/mol. The SMILES string of the molecule is CC(=O)NCCNCc1ccc(OCc2cccc(-c3ccccc3)c2C)cc1OCc1cccc(CO)c1. The lowest BCUT2D eigenvalue weighted by Gasteiger charge is -2.16. The second-order valence-electron chi connectivity index (χ2n) is 9.44. The zero-order valence-corrected chi connectivity index (χ0v) is 22.6. The van der Waals surface area contributed by atoms with E-state index < -0.39 is 0 Å². The van der Waals surface area contributed by atoms with Gasteiger partial charge >= 0.3 is 0 Å². The minimum Gasteiger partial charge on any atom is -0.489 e. The van der Waals surface area contributed by atoms with Crippen LogP contribution in [0.25, 0.3) is 11.1 Å². The van der Waals surface area contributed by atoms with Crippen molar-refractivity contribution >= 4 is 5.91 Å². The van der Waals surface area contributed by atoms with E-state index in [0.29, 0.717) is 32.8 Å². The van der Waals surface area contributed by atoms with E-state index in [1.807, 2.05) is 48.5 Å². The van der Waals surface area contributed by atoms with Crippen molar-refractivity contribution in [1.82, 2.24) is 10.6 Å². The number of carbonyl (C=O) groups is 1. The Morgan fingerprint density at radius 2 is 1.59 bits per heavy atom. The maximum Gasteiger partial charge on any atom is 0.216 e. The number of carbonyl (C=O) groups excluding carboxylic acids is 1. The molecule has 0 saturated heterocycles. The average molecular weight is 525 g/mol. The maximum absolute atomic E-state index is 11.1. The Bertz CT molecular complexity index is 1370. The second-order valence-corrected chi connectivity index (χ2v) is 9.44. The summed E-state index contributed by atoms with van der Waals surface area (Å²) in [5.74, 6) is 1.40. The molecule has 0 bridgehead atoms. The van der Waals surface area contributed by atoms with Gasteiger partial charge in [-0.25, -0.2) is 0 Å². The molecule has 0 aliphatic carbocycles. The van der Waals surface area contributed by atoms with E-state index in [2.05, 4.69) is 60.0 Å². The first-order chi connectivity index (χ1) is 19.0. The Labute approximate surface area is 230 Å². The van der Waals surface area contributed by atoms with Crippen LogP contribution in [0.4, 0.5) is 0 Å². The molecule has 4 rings (SSSR count). The van der Waals surface area contributed by atoms with Crippen LogP contribution in [0.1, 0.15) is 34.7 Å². The Kier molecular flexibility index (Phi) is 10.1. The molecule has 0 atom stereocenters. The molecular weight excluding hydrogens is 488 g/mol. The number of amides is 1. The molecule has 0 radical (unpaired) electrons. The predicted octanol–water partition coefficient (Wildman–Crippen LogP) is 5.54. The van der Waals surface area contributed by atoms with E-state index >= 15 is 0 Å². The fourth-order valence-corrected chi connectivity index (χ4v) is 4.37. The molecule has 6 nitrogen and oxygen atoms in total. The van der Waals surface area contributed by atoms with Gasteiger partial charge in [0.05, 0.1) is 6.61 Å². The first kappa shape index (κ1) is 27.9. The Balaban J connectivity index is 1.47. The van der Waals surface area contributed by atoms with Crippen molar-refractivity contribution in [3.63, 3.8) is 0 Å². The highest BCUT2D eigenvalue weighted by molar-refractivity contribution is 5.72. The third-order valence-corrected chi connectivity index (χ3v) is 6.52. The predicted molar refractivity (Wildman–Crippen MR) is 154 cm³/mol. The molecule has 0 aromatic heterocycles. The minimum atomic E-state index is -0.0445. The fraction of sp³-hybridized carbons (Fsp3) is 0.242. The summed E-state index contributed by atoms with van der Waals surface area (Å²) in [5, 5.41) is 15.6. The minimum absolute atomic E-state index is 0.00841. The van der Waals surface area contributed by atoms with Gasteiger partial charge < -0.3 is 25.2 Å². The number of rotatable bonds is 13. The smallest absolute Gasteiger partial charge is 0.216 e. The largest absolute Gasteiger partial charge is 0.489 e. The summed E-state index contributed by atoms with van der Waals surface area (Å²) in [7, 11) is 0. The molecule has 202 valence electrons. The second kappa shape index (κ2) is 14.1. The van der Waals surface area contributed by atoms with Crippen LogP contribution in [0.5, 0.6) is 11.5 Å². The lowest BCUT2D eigenvalue weighted by molar-refractivity contribution is -0.118. The molecule has 6 heteroatoms. The number of aliphatic hydroxyl groups is 1. The van der Waals surface area contributed by atoms with E-state index in [9.17, 15) is 9.90 Å². The Hall–Kier alpha value is -4.13. The quantitative estimate of drug-likeness (QED) is 0.200. The first-order valence-electron chi connectivity index (χ1n) is 13.2. The van der Waals surface area contributed by atoms with E-state index in [-0.39, 0.29) is 12.5 Å². The summed E-state index contributed by atoms with van der Waals surface area (Å²) < 4.78 is 12.5. The van der Waals surface area contributed by atoms with Gasteiger partial charge in [-0.1, -0.05) is 78.9 Å². The van der Waals surface area contributed by atoms with Crippen LogP contribution in [0.2, 0.25) is 0 Å². The van der Waals surface area contributed by atoms with Crippen molar-refractivity contribution < 1.29 is 19.4 Å². The van der Waals surface area contributed by atoms with Crippen LogP contribution in [0.3, 0.4) is 0 Å². The molecule has 39 heavy (non-hydrogen) atoms. The maximum atomic E-state index is 11.1. The van der Waals surface area contributed by atoms with Gasteiger partial charge in [-0.2, -0.15) is 0 Å². The molecule has 0 fully saturated rings. The van der Waals surface area contributed by atoms with E-state index in [0.717, 1.165) is 33.8 Å². The lowest BCUT2D eigenvalue weighted by Crippen LogP contribution is -2.30. The highest BCUT2D eigenvalue weighted by Gasteiger charge is 2.10. The molecular formula is C33H36N2O4. The normalized spacial score (nSPS) is 10.7. The summed E-state index contributed by atoms with van der Waals surface area (Å²) in [6.45, 7) is 6.24. The topological polar surface area (TPSA) is 79.8 Å². The van der Waals surface area contributed by atoms with Crippen molar-refractivity contribution in [2.24, 2.45) is 0 Å². The number of nitrogens with one attached hydrogen (secondary N) is 2. The molecule has 3 N–H and O–H groups in total. The number of hydrogen-bond donors (Lipinski definition) is 3. The number of benzene rings is 4. The average Bonchev–Trinajstić information content (AvgIpc) is 2.96. The summed E-state index contributed by atoms with van der Waals surface area (Å²) in [6.07, 6.45) is 0. The molecule has 0 aliphatic heterocycles. The van der Waals surface area contributed by atoms with Crippen LogP contribution in [0.15, 0.2) is 91.0 Å². The molecule has 4 aromatic rings. The molecule has 0 spiro atoms. The number of hydrogen-bond acceptors (Lipinski definition) is 5. The van der Waals surface area contributed by atoms with E-state index in [1.165, 1.54) is 23.6 Å².